The third-order valence-electron chi connectivity index (χ3n) is 4.63. The molecule has 1 N–H and O–H groups in total. The van der Waals surface area contributed by atoms with Crippen molar-refractivity contribution in [2.45, 2.75) is 0 Å². The summed E-state index contributed by atoms with van der Waals surface area (Å²) in [5.41, 5.74) is 2.96. The summed E-state index contributed by atoms with van der Waals surface area (Å²) >= 11 is 5.87. The highest BCUT2D eigenvalue weighted by Gasteiger charge is 2.15. The smallest absolute Gasteiger partial charge is 0.345 e. The lowest BCUT2D eigenvalue weighted by Crippen LogP contribution is -2.11. The lowest BCUT2D eigenvalue weighted by Gasteiger charge is -2.12. The highest BCUT2D eigenvalue weighted by Crippen LogP contribution is 2.23. The van der Waals surface area contributed by atoms with E-state index in [2.05, 4.69) is 5.32 Å². The Bertz CT molecular complexity index is 1200. The van der Waals surface area contributed by atoms with Crippen molar-refractivity contribution in [2.24, 2.45) is 0 Å². The molecule has 31 heavy (non-hydrogen) atoms. The second kappa shape index (κ2) is 9.28. The van der Waals surface area contributed by atoms with E-state index in [0.29, 0.717) is 33.1 Å². The number of carbonyl (C=O) groups is 2. The Morgan fingerprint density at radius 2 is 1.26 bits per heavy atom. The summed E-state index contributed by atoms with van der Waals surface area (Å²) in [7, 11) is 0. The average molecular weight is 428 g/mol. The van der Waals surface area contributed by atoms with Crippen molar-refractivity contribution in [1.29, 1.82) is 0 Å². The van der Waals surface area contributed by atoms with Crippen LogP contribution in [0.4, 0.5) is 11.4 Å². The molecule has 0 bridgehead atoms. The number of ether oxygens (including phenoxy) is 1. The fourth-order valence-corrected chi connectivity index (χ4v) is 3.18. The van der Waals surface area contributed by atoms with E-state index in [1.807, 2.05) is 42.5 Å². The van der Waals surface area contributed by atoms with Gasteiger partial charge in [0.25, 0.3) is 0 Å². The number of benzene rings is 4. The molecule has 0 aliphatic rings. The van der Waals surface area contributed by atoms with Crippen molar-refractivity contribution >= 4 is 34.7 Å². The third kappa shape index (κ3) is 5.00. The van der Waals surface area contributed by atoms with Crippen molar-refractivity contribution in [3.8, 4) is 5.75 Å². The quantitative estimate of drug-likeness (QED) is 0.216. The Morgan fingerprint density at radius 3 is 1.94 bits per heavy atom. The first-order valence-corrected chi connectivity index (χ1v) is 10.0. The molecule has 4 nitrogen and oxygen atoms in total. The molecule has 0 saturated carbocycles. The van der Waals surface area contributed by atoms with Gasteiger partial charge in [-0.2, -0.15) is 0 Å². The predicted molar refractivity (Wildman–Crippen MR) is 122 cm³/mol. The Labute approximate surface area is 185 Å². The first kappa shape index (κ1) is 20.4. The average Bonchev–Trinajstić information content (AvgIpc) is 2.81. The van der Waals surface area contributed by atoms with E-state index in [-0.39, 0.29) is 5.78 Å². The zero-order valence-corrected chi connectivity index (χ0v) is 17.2. The lowest BCUT2D eigenvalue weighted by atomic mass is 10.0. The molecule has 4 aromatic carbocycles. The van der Waals surface area contributed by atoms with Gasteiger partial charge in [-0.15, -0.1) is 0 Å². The molecule has 4 aromatic rings. The zero-order valence-electron chi connectivity index (χ0n) is 16.4. The second-order valence-electron chi connectivity index (χ2n) is 6.79. The minimum atomic E-state index is -0.490. The molecule has 0 heterocycles. The maximum atomic E-state index is 12.8. The van der Waals surface area contributed by atoms with E-state index in [4.69, 9.17) is 16.3 Å². The number of anilines is 2. The van der Waals surface area contributed by atoms with Crippen LogP contribution in [0.2, 0.25) is 5.02 Å². The molecule has 0 aliphatic carbocycles. The molecule has 0 aromatic heterocycles. The maximum absolute atomic E-state index is 12.8. The Kier molecular flexibility index (Phi) is 6.11. The lowest BCUT2D eigenvalue weighted by molar-refractivity contribution is 0.0736. The van der Waals surface area contributed by atoms with Gasteiger partial charge in [0, 0.05) is 21.8 Å². The first-order chi connectivity index (χ1) is 15.1. The number of ketones is 1. The summed E-state index contributed by atoms with van der Waals surface area (Å²) in [5.74, 6) is -0.269. The maximum Gasteiger partial charge on any atom is 0.345 e. The van der Waals surface area contributed by atoms with Crippen LogP contribution in [0.5, 0.6) is 5.75 Å². The molecule has 0 spiro atoms. The van der Waals surface area contributed by atoms with Crippen LogP contribution >= 0.6 is 11.6 Å². The fourth-order valence-electron chi connectivity index (χ4n) is 3.05. The van der Waals surface area contributed by atoms with E-state index in [1.165, 1.54) is 0 Å². The SMILES string of the molecule is O=C(c1ccc(Cl)cc1)c1ccc(OC(=O)c2ccccc2Nc2ccccc2)cc1. The number of para-hydroxylation sites is 2. The largest absolute Gasteiger partial charge is 0.423 e. The summed E-state index contributed by atoms with van der Waals surface area (Å²) in [6.45, 7) is 0. The molecular formula is C26H18ClNO3. The molecule has 0 unspecified atom stereocenters. The molecule has 152 valence electrons. The molecule has 0 amide bonds. The highest BCUT2D eigenvalue weighted by atomic mass is 35.5. The van der Waals surface area contributed by atoms with Crippen molar-refractivity contribution in [1.82, 2.24) is 0 Å². The molecule has 0 atom stereocenters. The van der Waals surface area contributed by atoms with Gasteiger partial charge in [0.05, 0.1) is 11.3 Å². The van der Waals surface area contributed by atoms with Gasteiger partial charge in [-0.1, -0.05) is 41.9 Å². The van der Waals surface area contributed by atoms with Gasteiger partial charge < -0.3 is 10.1 Å². The molecular weight excluding hydrogens is 410 g/mol. The van der Waals surface area contributed by atoms with Gasteiger partial charge in [0.2, 0.25) is 0 Å². The minimum Gasteiger partial charge on any atom is -0.423 e. The van der Waals surface area contributed by atoms with E-state index in [1.54, 1.807) is 60.7 Å². The number of esters is 1. The van der Waals surface area contributed by atoms with E-state index >= 15 is 0 Å². The minimum absolute atomic E-state index is 0.132. The molecule has 4 rings (SSSR count). The summed E-state index contributed by atoms with van der Waals surface area (Å²) in [6.07, 6.45) is 0. The van der Waals surface area contributed by atoms with E-state index < -0.39 is 5.97 Å². The van der Waals surface area contributed by atoms with Crippen LogP contribution in [0.15, 0.2) is 103 Å². The fraction of sp³-hybridized carbons (Fsp3) is 0. The van der Waals surface area contributed by atoms with Crippen LogP contribution < -0.4 is 10.1 Å². The van der Waals surface area contributed by atoms with Crippen LogP contribution in [0.25, 0.3) is 0 Å². The molecule has 5 heteroatoms. The third-order valence-corrected chi connectivity index (χ3v) is 4.89. The summed E-state index contributed by atoms with van der Waals surface area (Å²) < 4.78 is 5.53. The normalized spacial score (nSPS) is 10.4. The van der Waals surface area contributed by atoms with Gasteiger partial charge in [0.1, 0.15) is 5.75 Å². The van der Waals surface area contributed by atoms with Crippen molar-refractivity contribution < 1.29 is 14.3 Å². The Balaban J connectivity index is 1.48. The molecule has 0 saturated heterocycles. The first-order valence-electron chi connectivity index (χ1n) is 9.64. The van der Waals surface area contributed by atoms with Gasteiger partial charge in [-0.05, 0) is 72.8 Å². The van der Waals surface area contributed by atoms with Crippen molar-refractivity contribution in [3.63, 3.8) is 0 Å². The summed E-state index contributed by atoms with van der Waals surface area (Å²) in [6, 6.07) is 29.9. The van der Waals surface area contributed by atoms with Gasteiger partial charge in [-0.3, -0.25) is 4.79 Å². The van der Waals surface area contributed by atoms with E-state index in [0.717, 1.165) is 5.69 Å². The topological polar surface area (TPSA) is 55.4 Å². The number of halogens is 1. The van der Waals surface area contributed by atoms with Crippen LogP contribution in [0.3, 0.4) is 0 Å². The molecule has 0 radical (unpaired) electrons. The molecule has 0 fully saturated rings. The Hall–Kier alpha value is -3.89. The number of carbonyl (C=O) groups excluding carboxylic acids is 2. The van der Waals surface area contributed by atoms with Gasteiger partial charge in [-0.25, -0.2) is 4.79 Å². The summed E-state index contributed by atoms with van der Waals surface area (Å²) in [4.78, 5) is 25.3. The van der Waals surface area contributed by atoms with E-state index in [9.17, 15) is 9.59 Å². The zero-order chi connectivity index (χ0) is 21.6. The number of hydrogen-bond donors (Lipinski definition) is 1. The monoisotopic (exact) mass is 427 g/mol. The Morgan fingerprint density at radius 1 is 0.677 bits per heavy atom. The number of rotatable bonds is 6. The van der Waals surface area contributed by atoms with Crippen molar-refractivity contribution in [2.75, 3.05) is 5.32 Å². The van der Waals surface area contributed by atoms with Crippen LogP contribution in [0, 0.1) is 0 Å². The van der Waals surface area contributed by atoms with Gasteiger partial charge >= 0.3 is 5.97 Å². The number of nitrogens with one attached hydrogen (secondary N) is 1. The van der Waals surface area contributed by atoms with Crippen LogP contribution in [-0.4, -0.2) is 11.8 Å². The second-order valence-corrected chi connectivity index (χ2v) is 7.22. The highest BCUT2D eigenvalue weighted by molar-refractivity contribution is 6.30. The molecule has 0 aliphatic heterocycles. The van der Waals surface area contributed by atoms with Crippen molar-refractivity contribution in [3.05, 3.63) is 125 Å². The van der Waals surface area contributed by atoms with Crippen LogP contribution in [0.1, 0.15) is 26.3 Å². The standard InChI is InChI=1S/C26H18ClNO3/c27-20-14-10-18(11-15-20)25(29)19-12-16-22(17-13-19)31-26(30)23-8-4-5-9-24(23)28-21-6-2-1-3-7-21/h1-17,28H. The van der Waals surface area contributed by atoms with Gasteiger partial charge in [0.15, 0.2) is 5.78 Å². The number of hydrogen-bond acceptors (Lipinski definition) is 4. The van der Waals surface area contributed by atoms with Crippen LogP contribution in [-0.2, 0) is 0 Å². The summed E-state index contributed by atoms with van der Waals surface area (Å²) in [5, 5.41) is 3.80. The predicted octanol–water partition coefficient (Wildman–Crippen LogP) is 6.53.